The van der Waals surface area contributed by atoms with Crippen LogP contribution in [0.15, 0.2) is 44.7 Å². The van der Waals surface area contributed by atoms with Gasteiger partial charge in [0.1, 0.15) is 9.86 Å². The molecule has 0 saturated heterocycles. The molecular weight excluding hydrogens is 416 g/mol. The van der Waals surface area contributed by atoms with Crippen molar-refractivity contribution < 1.29 is 18.3 Å². The number of halogens is 1. The summed E-state index contributed by atoms with van der Waals surface area (Å²) in [5, 5.41) is 10.3. The summed E-state index contributed by atoms with van der Waals surface area (Å²) in [5.41, 5.74) is 1.40. The first-order valence-corrected chi connectivity index (χ1v) is 10.2. The first kappa shape index (κ1) is 17.1. The van der Waals surface area contributed by atoms with Crippen LogP contribution >= 0.6 is 27.3 Å². The van der Waals surface area contributed by atoms with Gasteiger partial charge in [-0.3, -0.25) is 4.79 Å². The van der Waals surface area contributed by atoms with Crippen molar-refractivity contribution in [1.29, 1.82) is 0 Å². The molecule has 3 rings (SSSR count). The Labute approximate surface area is 150 Å². The van der Waals surface area contributed by atoms with Crippen LogP contribution in [0.4, 0.5) is 0 Å². The van der Waals surface area contributed by atoms with Gasteiger partial charge >= 0.3 is 5.97 Å². The molecule has 0 saturated carbocycles. The molecule has 1 atom stereocenters. The molecule has 0 amide bonds. The lowest BCUT2D eigenvalue weighted by Crippen LogP contribution is -2.25. The lowest BCUT2D eigenvalue weighted by Gasteiger charge is -2.11. The van der Waals surface area contributed by atoms with E-state index >= 15 is 0 Å². The SMILES string of the molecule is O=C(O)[C@H](Cc1c[nH]c2ncccc12)CS(=O)(=O)c1ccc(Br)s1. The molecule has 3 aromatic rings. The van der Waals surface area contributed by atoms with Gasteiger partial charge in [0, 0.05) is 17.8 Å². The normalized spacial score (nSPS) is 13.2. The number of carboxylic acids is 1. The van der Waals surface area contributed by atoms with Crippen LogP contribution in [-0.2, 0) is 21.1 Å². The highest BCUT2D eigenvalue weighted by Gasteiger charge is 2.28. The molecule has 24 heavy (non-hydrogen) atoms. The van der Waals surface area contributed by atoms with Gasteiger partial charge in [-0.2, -0.15) is 0 Å². The molecule has 0 fully saturated rings. The third-order valence-electron chi connectivity index (χ3n) is 3.63. The highest BCUT2D eigenvalue weighted by Crippen LogP contribution is 2.29. The Morgan fingerprint density at radius 3 is 2.83 bits per heavy atom. The fourth-order valence-corrected chi connectivity index (χ4v) is 6.13. The molecule has 0 spiro atoms. The van der Waals surface area contributed by atoms with E-state index in [-0.39, 0.29) is 10.6 Å². The number of carboxylic acid groups (broad SMARTS) is 1. The van der Waals surface area contributed by atoms with E-state index in [1.807, 2.05) is 6.07 Å². The van der Waals surface area contributed by atoms with Gasteiger partial charge in [0.05, 0.1) is 15.5 Å². The van der Waals surface area contributed by atoms with E-state index in [4.69, 9.17) is 0 Å². The van der Waals surface area contributed by atoms with E-state index in [1.54, 1.807) is 24.5 Å². The Kier molecular flexibility index (Phi) is 4.75. The Morgan fingerprint density at radius 2 is 2.17 bits per heavy atom. The number of nitrogens with zero attached hydrogens (tertiary/aromatic N) is 1. The third-order valence-corrected chi connectivity index (χ3v) is 7.65. The highest BCUT2D eigenvalue weighted by atomic mass is 79.9. The maximum atomic E-state index is 12.5. The average molecular weight is 429 g/mol. The molecule has 3 heterocycles. The summed E-state index contributed by atoms with van der Waals surface area (Å²) in [6, 6.07) is 6.71. The number of carbonyl (C=O) groups is 1. The Balaban J connectivity index is 1.87. The molecule has 0 unspecified atom stereocenters. The number of hydrogen-bond acceptors (Lipinski definition) is 5. The number of rotatable bonds is 6. The molecule has 9 heteroatoms. The van der Waals surface area contributed by atoms with E-state index in [2.05, 4.69) is 25.9 Å². The first-order chi connectivity index (χ1) is 11.4. The van der Waals surface area contributed by atoms with Crippen LogP contribution in [0, 0.1) is 5.92 Å². The van der Waals surface area contributed by atoms with Crippen LogP contribution in [0.25, 0.3) is 11.0 Å². The van der Waals surface area contributed by atoms with Crippen molar-refractivity contribution in [3.63, 3.8) is 0 Å². The number of sulfone groups is 1. The summed E-state index contributed by atoms with van der Waals surface area (Å²) < 4.78 is 25.8. The van der Waals surface area contributed by atoms with Crippen LogP contribution < -0.4 is 0 Å². The zero-order valence-electron chi connectivity index (χ0n) is 12.3. The van der Waals surface area contributed by atoms with Crippen molar-refractivity contribution in [1.82, 2.24) is 9.97 Å². The largest absolute Gasteiger partial charge is 0.481 e. The molecule has 0 aliphatic heterocycles. The van der Waals surface area contributed by atoms with Crippen LogP contribution in [0.2, 0.25) is 0 Å². The lowest BCUT2D eigenvalue weighted by atomic mass is 10.0. The summed E-state index contributed by atoms with van der Waals surface area (Å²) in [5.74, 6) is -2.61. The van der Waals surface area contributed by atoms with Crippen molar-refractivity contribution in [2.75, 3.05) is 5.75 Å². The Bertz CT molecular complexity index is 994. The molecule has 0 aromatic carbocycles. The number of pyridine rings is 1. The highest BCUT2D eigenvalue weighted by molar-refractivity contribution is 9.11. The van der Waals surface area contributed by atoms with Crippen LogP contribution in [0.1, 0.15) is 5.56 Å². The Morgan fingerprint density at radius 1 is 1.38 bits per heavy atom. The van der Waals surface area contributed by atoms with Gasteiger partial charge in [0.25, 0.3) is 0 Å². The van der Waals surface area contributed by atoms with E-state index in [0.29, 0.717) is 9.43 Å². The summed E-state index contributed by atoms with van der Waals surface area (Å²) in [4.78, 5) is 18.7. The van der Waals surface area contributed by atoms with Crippen LogP contribution in [-0.4, -0.2) is 35.2 Å². The zero-order valence-corrected chi connectivity index (χ0v) is 15.5. The standard InChI is InChI=1S/C15H13BrN2O4S2/c16-12-3-4-13(23-12)24(21,22)8-10(15(19)20)6-9-7-18-14-11(9)2-1-5-17-14/h1-5,7,10H,6,8H2,(H,17,18)(H,19,20)/t10-/m1/s1. The van der Waals surface area contributed by atoms with E-state index in [0.717, 1.165) is 22.3 Å². The van der Waals surface area contributed by atoms with E-state index in [9.17, 15) is 18.3 Å². The predicted molar refractivity (Wildman–Crippen MR) is 95.0 cm³/mol. The molecule has 0 aliphatic carbocycles. The van der Waals surface area contributed by atoms with Crippen molar-refractivity contribution in [2.24, 2.45) is 5.92 Å². The lowest BCUT2D eigenvalue weighted by molar-refractivity contribution is -0.140. The van der Waals surface area contributed by atoms with Gasteiger partial charge in [-0.05, 0) is 52.2 Å². The number of fused-ring (bicyclic) bond motifs is 1. The second kappa shape index (κ2) is 6.66. The number of hydrogen-bond donors (Lipinski definition) is 2. The predicted octanol–water partition coefficient (Wildman–Crippen LogP) is 3.10. The van der Waals surface area contributed by atoms with Gasteiger partial charge in [-0.1, -0.05) is 0 Å². The number of aliphatic carboxylic acids is 1. The minimum Gasteiger partial charge on any atom is -0.481 e. The van der Waals surface area contributed by atoms with Crippen molar-refractivity contribution in [2.45, 2.75) is 10.6 Å². The maximum absolute atomic E-state index is 12.5. The number of thiophene rings is 1. The molecule has 0 bridgehead atoms. The van der Waals surface area contributed by atoms with Gasteiger partial charge in [-0.25, -0.2) is 13.4 Å². The fraction of sp³-hybridized carbons (Fsp3) is 0.200. The molecule has 3 aromatic heterocycles. The second-order valence-electron chi connectivity index (χ2n) is 5.29. The second-order valence-corrected chi connectivity index (χ2v) is 10.0. The number of aromatic nitrogens is 2. The van der Waals surface area contributed by atoms with Crippen LogP contribution in [0.3, 0.4) is 0 Å². The van der Waals surface area contributed by atoms with Gasteiger partial charge in [-0.15, -0.1) is 11.3 Å². The molecule has 126 valence electrons. The number of H-pyrrole nitrogens is 1. The molecular formula is C15H13BrN2O4S2. The summed E-state index contributed by atoms with van der Waals surface area (Å²) >= 11 is 4.30. The summed E-state index contributed by atoms with van der Waals surface area (Å²) in [6.45, 7) is 0. The maximum Gasteiger partial charge on any atom is 0.307 e. The molecule has 6 nitrogen and oxygen atoms in total. The van der Waals surface area contributed by atoms with Crippen LogP contribution in [0.5, 0.6) is 0 Å². The first-order valence-electron chi connectivity index (χ1n) is 6.99. The number of aromatic amines is 1. The zero-order chi connectivity index (χ0) is 17.3. The van der Waals surface area contributed by atoms with E-state index in [1.165, 1.54) is 6.07 Å². The van der Waals surface area contributed by atoms with Crippen molar-refractivity contribution in [3.05, 3.63) is 46.0 Å². The molecule has 2 N–H and O–H groups in total. The Hall–Kier alpha value is -1.71. The molecule has 0 aliphatic rings. The quantitative estimate of drug-likeness (QED) is 0.627. The van der Waals surface area contributed by atoms with Gasteiger partial charge < -0.3 is 10.1 Å². The smallest absolute Gasteiger partial charge is 0.307 e. The topological polar surface area (TPSA) is 100 Å². The fourth-order valence-electron chi connectivity index (χ4n) is 2.48. The van der Waals surface area contributed by atoms with Gasteiger partial charge in [0.2, 0.25) is 0 Å². The average Bonchev–Trinajstić information content (AvgIpc) is 3.14. The minimum absolute atomic E-state index is 0.118. The monoisotopic (exact) mass is 428 g/mol. The molecule has 0 radical (unpaired) electrons. The summed E-state index contributed by atoms with van der Waals surface area (Å²) in [7, 11) is -3.66. The van der Waals surface area contributed by atoms with Crippen molar-refractivity contribution in [3.8, 4) is 0 Å². The van der Waals surface area contributed by atoms with Gasteiger partial charge in [0.15, 0.2) is 9.84 Å². The third kappa shape index (κ3) is 3.52. The number of nitrogens with one attached hydrogen (secondary N) is 1. The van der Waals surface area contributed by atoms with Crippen molar-refractivity contribution >= 4 is 54.1 Å². The van der Waals surface area contributed by atoms with E-state index < -0.39 is 27.5 Å². The summed E-state index contributed by atoms with van der Waals surface area (Å²) in [6.07, 6.45) is 3.44. The minimum atomic E-state index is -3.66.